The smallest absolute Gasteiger partial charge is 0.147 e. The number of carbonyl (C=O) groups excluding carboxylic acids is 1. The molecule has 18 heavy (non-hydrogen) atoms. The summed E-state index contributed by atoms with van der Waals surface area (Å²) in [5, 5.41) is 0.638. The molecule has 0 aromatic heterocycles. The molecule has 1 saturated heterocycles. The van der Waals surface area contributed by atoms with E-state index >= 15 is 0 Å². The van der Waals surface area contributed by atoms with Gasteiger partial charge in [0.15, 0.2) is 0 Å². The van der Waals surface area contributed by atoms with Gasteiger partial charge in [0, 0.05) is 17.5 Å². The summed E-state index contributed by atoms with van der Waals surface area (Å²) in [6, 6.07) is 5.51. The molecule has 0 aliphatic carbocycles. The minimum absolute atomic E-state index is 0.0956. The normalized spacial score (nSPS) is 27.4. The van der Waals surface area contributed by atoms with Crippen molar-refractivity contribution < 1.29 is 9.53 Å². The molecule has 1 aliphatic heterocycles. The molecule has 0 radical (unpaired) electrons. The summed E-state index contributed by atoms with van der Waals surface area (Å²) < 4.78 is 5.30. The number of hydrogen-bond acceptors (Lipinski definition) is 3. The fraction of sp³-hybridized carbons (Fsp3) is 0.500. The van der Waals surface area contributed by atoms with Crippen LogP contribution in [0.3, 0.4) is 0 Å². The molecule has 2 N–H and O–H groups in total. The van der Waals surface area contributed by atoms with Crippen LogP contribution < -0.4 is 5.73 Å². The highest BCUT2D eigenvalue weighted by atomic mass is 35.5. The Hall–Kier alpha value is -0.900. The van der Waals surface area contributed by atoms with Crippen molar-refractivity contribution >= 4 is 17.4 Å². The van der Waals surface area contributed by atoms with Gasteiger partial charge < -0.3 is 10.5 Å². The number of ketones is 1. The molecule has 1 heterocycles. The van der Waals surface area contributed by atoms with Crippen LogP contribution in [0, 0.1) is 12.3 Å². The second-order valence-corrected chi connectivity index (χ2v) is 5.64. The van der Waals surface area contributed by atoms with Crippen LogP contribution in [0.2, 0.25) is 5.02 Å². The molecular formula is C14H18ClNO2. The molecule has 1 fully saturated rings. The molecule has 1 aliphatic rings. The fourth-order valence-electron chi connectivity index (χ4n) is 2.15. The zero-order valence-corrected chi connectivity index (χ0v) is 11.5. The lowest BCUT2D eigenvalue weighted by Gasteiger charge is -2.25. The third-order valence-electron chi connectivity index (χ3n) is 3.71. The molecule has 0 bridgehead atoms. The Morgan fingerprint density at radius 3 is 2.89 bits per heavy atom. The maximum absolute atomic E-state index is 12.4. The monoisotopic (exact) mass is 267 g/mol. The highest BCUT2D eigenvalue weighted by molar-refractivity contribution is 6.31. The Morgan fingerprint density at radius 2 is 2.33 bits per heavy atom. The van der Waals surface area contributed by atoms with Gasteiger partial charge in [-0.05, 0) is 31.0 Å². The molecular weight excluding hydrogens is 250 g/mol. The first-order chi connectivity index (χ1) is 8.43. The van der Waals surface area contributed by atoms with Crippen molar-refractivity contribution in [3.8, 4) is 0 Å². The SMILES string of the molecule is Cc1ccc(CC(=O)C2(C)COCC2N)c(Cl)c1. The van der Waals surface area contributed by atoms with Gasteiger partial charge in [0.05, 0.1) is 18.6 Å². The Balaban J connectivity index is 2.16. The molecule has 2 rings (SSSR count). The quantitative estimate of drug-likeness (QED) is 0.913. The van der Waals surface area contributed by atoms with E-state index in [1.165, 1.54) is 0 Å². The van der Waals surface area contributed by atoms with Crippen molar-refractivity contribution in [2.24, 2.45) is 11.1 Å². The highest BCUT2D eigenvalue weighted by Crippen LogP contribution is 2.30. The number of carbonyl (C=O) groups is 1. The number of halogens is 1. The number of hydrogen-bond donors (Lipinski definition) is 1. The molecule has 0 saturated carbocycles. The van der Waals surface area contributed by atoms with Crippen molar-refractivity contribution in [2.75, 3.05) is 13.2 Å². The van der Waals surface area contributed by atoms with Gasteiger partial charge in [-0.3, -0.25) is 4.79 Å². The van der Waals surface area contributed by atoms with E-state index in [0.29, 0.717) is 24.7 Å². The predicted molar refractivity (Wildman–Crippen MR) is 71.8 cm³/mol. The summed E-state index contributed by atoms with van der Waals surface area (Å²) >= 11 is 6.15. The van der Waals surface area contributed by atoms with Crippen LogP contribution in [0.5, 0.6) is 0 Å². The lowest BCUT2D eigenvalue weighted by molar-refractivity contribution is -0.127. The molecule has 98 valence electrons. The third-order valence-corrected chi connectivity index (χ3v) is 4.07. The first-order valence-corrected chi connectivity index (χ1v) is 6.43. The zero-order valence-electron chi connectivity index (χ0n) is 10.7. The van der Waals surface area contributed by atoms with Gasteiger partial charge in [-0.15, -0.1) is 0 Å². The van der Waals surface area contributed by atoms with Crippen LogP contribution >= 0.6 is 11.6 Å². The van der Waals surface area contributed by atoms with Gasteiger partial charge in [0.1, 0.15) is 5.78 Å². The first kappa shape index (κ1) is 13.5. The van der Waals surface area contributed by atoms with Crippen molar-refractivity contribution in [3.05, 3.63) is 34.3 Å². The molecule has 2 unspecified atom stereocenters. The Bertz CT molecular complexity index is 475. The number of nitrogens with two attached hydrogens (primary N) is 1. The summed E-state index contributed by atoms with van der Waals surface area (Å²) in [4.78, 5) is 12.4. The lowest BCUT2D eigenvalue weighted by Crippen LogP contribution is -2.45. The molecule has 3 nitrogen and oxygen atoms in total. The minimum atomic E-state index is -0.589. The number of aryl methyl sites for hydroxylation is 1. The molecule has 1 aromatic rings. The van der Waals surface area contributed by atoms with Crippen LogP contribution in [0.4, 0.5) is 0 Å². The number of Topliss-reactive ketones (excluding diaryl/α,β-unsaturated/α-hetero) is 1. The number of benzene rings is 1. The lowest BCUT2D eigenvalue weighted by atomic mass is 9.79. The number of ether oxygens (including phenoxy) is 1. The maximum Gasteiger partial charge on any atom is 0.147 e. The zero-order chi connectivity index (χ0) is 13.3. The van der Waals surface area contributed by atoms with Crippen LogP contribution in [-0.4, -0.2) is 25.0 Å². The second kappa shape index (κ2) is 5.00. The molecule has 0 spiro atoms. The van der Waals surface area contributed by atoms with Gasteiger partial charge in [0.2, 0.25) is 0 Å². The average Bonchev–Trinajstić information content (AvgIpc) is 2.64. The van der Waals surface area contributed by atoms with Crippen molar-refractivity contribution in [1.29, 1.82) is 0 Å². The van der Waals surface area contributed by atoms with Gasteiger partial charge in [-0.2, -0.15) is 0 Å². The van der Waals surface area contributed by atoms with E-state index in [4.69, 9.17) is 22.1 Å². The number of rotatable bonds is 3. The van der Waals surface area contributed by atoms with Gasteiger partial charge in [-0.25, -0.2) is 0 Å². The van der Waals surface area contributed by atoms with E-state index in [0.717, 1.165) is 11.1 Å². The highest BCUT2D eigenvalue weighted by Gasteiger charge is 2.43. The van der Waals surface area contributed by atoms with E-state index in [1.807, 2.05) is 32.0 Å². The predicted octanol–water partition coefficient (Wildman–Crippen LogP) is 2.12. The van der Waals surface area contributed by atoms with E-state index in [2.05, 4.69) is 0 Å². The van der Waals surface area contributed by atoms with Crippen molar-refractivity contribution in [3.63, 3.8) is 0 Å². The van der Waals surface area contributed by atoms with Gasteiger partial charge in [-0.1, -0.05) is 23.7 Å². The fourth-order valence-corrected chi connectivity index (χ4v) is 2.45. The summed E-state index contributed by atoms with van der Waals surface area (Å²) in [6.07, 6.45) is 0.312. The third kappa shape index (κ3) is 2.44. The molecule has 2 atom stereocenters. The van der Waals surface area contributed by atoms with Gasteiger partial charge in [0.25, 0.3) is 0 Å². The molecule has 0 amide bonds. The van der Waals surface area contributed by atoms with E-state index in [1.54, 1.807) is 0 Å². The van der Waals surface area contributed by atoms with Crippen molar-refractivity contribution in [1.82, 2.24) is 0 Å². The van der Waals surface area contributed by atoms with E-state index < -0.39 is 5.41 Å². The Kier molecular flexibility index (Phi) is 3.76. The van der Waals surface area contributed by atoms with Crippen LogP contribution in [0.25, 0.3) is 0 Å². The first-order valence-electron chi connectivity index (χ1n) is 6.05. The summed E-state index contributed by atoms with van der Waals surface area (Å²) in [6.45, 7) is 4.69. The van der Waals surface area contributed by atoms with Crippen molar-refractivity contribution in [2.45, 2.75) is 26.3 Å². The van der Waals surface area contributed by atoms with Crippen LogP contribution in [0.15, 0.2) is 18.2 Å². The largest absolute Gasteiger partial charge is 0.379 e. The maximum atomic E-state index is 12.4. The molecule has 1 aromatic carbocycles. The van der Waals surface area contributed by atoms with E-state index in [9.17, 15) is 4.79 Å². The standard InChI is InChI=1S/C14H18ClNO2/c1-9-3-4-10(11(15)5-9)6-13(17)14(2)8-18-7-12(14)16/h3-5,12H,6-8,16H2,1-2H3. The minimum Gasteiger partial charge on any atom is -0.379 e. The van der Waals surface area contributed by atoms with Crippen LogP contribution in [0.1, 0.15) is 18.1 Å². The summed E-state index contributed by atoms with van der Waals surface area (Å²) in [5.74, 6) is 0.0956. The van der Waals surface area contributed by atoms with Crippen LogP contribution in [-0.2, 0) is 16.0 Å². The average molecular weight is 268 g/mol. The Labute approximate surface area is 112 Å². The summed E-state index contributed by atoms with van der Waals surface area (Å²) in [7, 11) is 0. The second-order valence-electron chi connectivity index (χ2n) is 5.23. The van der Waals surface area contributed by atoms with E-state index in [-0.39, 0.29) is 11.8 Å². The van der Waals surface area contributed by atoms with Gasteiger partial charge >= 0.3 is 0 Å². The summed E-state index contributed by atoms with van der Waals surface area (Å²) in [5.41, 5.74) is 7.30. The molecule has 4 heteroatoms. The topological polar surface area (TPSA) is 52.3 Å². The Morgan fingerprint density at radius 1 is 1.61 bits per heavy atom.